The molecule has 0 radical (unpaired) electrons. The molecule has 5 nitrogen and oxygen atoms in total. The second-order valence-electron chi connectivity index (χ2n) is 8.05. The van der Waals surface area contributed by atoms with E-state index < -0.39 is 0 Å². The van der Waals surface area contributed by atoms with Crippen LogP contribution in [0.25, 0.3) is 5.57 Å². The molecule has 2 aliphatic heterocycles. The Kier molecular flexibility index (Phi) is 5.88. The van der Waals surface area contributed by atoms with Crippen LogP contribution in [-0.2, 0) is 9.59 Å². The van der Waals surface area contributed by atoms with Crippen LogP contribution in [0.15, 0.2) is 60.3 Å². The first-order chi connectivity index (χ1) is 14.6. The highest BCUT2D eigenvalue weighted by atomic mass is 16.5. The molecular formula is C25H28N2O3. The molecule has 0 saturated carbocycles. The fourth-order valence-electron chi connectivity index (χ4n) is 4.05. The molecule has 1 fully saturated rings. The van der Waals surface area contributed by atoms with Crippen LogP contribution in [-0.4, -0.2) is 36.4 Å². The smallest absolute Gasteiger partial charge is 0.282 e. The zero-order valence-corrected chi connectivity index (χ0v) is 17.6. The third-order valence-corrected chi connectivity index (χ3v) is 5.79. The van der Waals surface area contributed by atoms with Crippen molar-refractivity contribution >= 4 is 23.1 Å². The van der Waals surface area contributed by atoms with Crippen molar-refractivity contribution in [3.63, 3.8) is 0 Å². The Labute approximate surface area is 177 Å². The number of ether oxygens (including phenoxy) is 1. The first kappa shape index (κ1) is 20.2. The average molecular weight is 405 g/mol. The summed E-state index contributed by atoms with van der Waals surface area (Å²) in [6, 6.07) is 16.7. The number of carbonyl (C=O) groups is 2. The van der Waals surface area contributed by atoms with Gasteiger partial charge in [0, 0.05) is 13.1 Å². The first-order valence-electron chi connectivity index (χ1n) is 10.8. The molecule has 0 aliphatic carbocycles. The summed E-state index contributed by atoms with van der Waals surface area (Å²) in [5, 5.41) is 0. The summed E-state index contributed by atoms with van der Waals surface area (Å²) in [7, 11) is 0. The Morgan fingerprint density at radius 2 is 1.60 bits per heavy atom. The molecule has 0 bridgehead atoms. The van der Waals surface area contributed by atoms with Crippen molar-refractivity contribution in [2.75, 3.05) is 24.6 Å². The van der Waals surface area contributed by atoms with E-state index in [9.17, 15) is 9.59 Å². The number of amides is 2. The maximum Gasteiger partial charge on any atom is 0.282 e. The van der Waals surface area contributed by atoms with Crippen LogP contribution < -0.4 is 9.64 Å². The first-order valence-corrected chi connectivity index (χ1v) is 10.8. The maximum absolute atomic E-state index is 13.5. The van der Waals surface area contributed by atoms with Crippen molar-refractivity contribution in [3.8, 4) is 5.75 Å². The van der Waals surface area contributed by atoms with Gasteiger partial charge in [0.25, 0.3) is 11.8 Å². The van der Waals surface area contributed by atoms with E-state index in [1.54, 1.807) is 12.1 Å². The van der Waals surface area contributed by atoms with Crippen LogP contribution in [0.2, 0.25) is 0 Å². The average Bonchev–Trinajstić information content (AvgIpc) is 3.04. The second-order valence-corrected chi connectivity index (χ2v) is 8.05. The second kappa shape index (κ2) is 8.74. The molecule has 2 amide bonds. The minimum absolute atomic E-state index is 0.234. The Bertz CT molecular complexity index is 942. The van der Waals surface area contributed by atoms with E-state index in [4.69, 9.17) is 4.74 Å². The third kappa shape index (κ3) is 3.84. The molecule has 0 N–H and O–H groups in total. The number of nitrogens with zero attached hydrogens (tertiary/aromatic N) is 2. The summed E-state index contributed by atoms with van der Waals surface area (Å²) in [6.07, 6.45) is 2.98. The summed E-state index contributed by atoms with van der Waals surface area (Å²) in [5.41, 5.74) is 2.37. The number of likely N-dealkylation sites (tertiary alicyclic amines) is 1. The van der Waals surface area contributed by atoms with Gasteiger partial charge < -0.3 is 9.64 Å². The minimum Gasteiger partial charge on any atom is -0.494 e. The van der Waals surface area contributed by atoms with Gasteiger partial charge in [-0.25, -0.2) is 4.90 Å². The molecule has 0 aromatic heterocycles. The van der Waals surface area contributed by atoms with Crippen molar-refractivity contribution in [3.05, 3.63) is 65.9 Å². The summed E-state index contributed by atoms with van der Waals surface area (Å²) >= 11 is 0. The molecule has 2 aromatic carbocycles. The molecular weight excluding hydrogens is 376 g/mol. The molecule has 1 saturated heterocycles. The van der Waals surface area contributed by atoms with E-state index in [2.05, 4.69) is 18.7 Å². The number of carbonyl (C=O) groups excluding carboxylic acids is 2. The number of hydrogen-bond donors (Lipinski definition) is 0. The molecule has 2 aromatic rings. The zero-order chi connectivity index (χ0) is 21.1. The van der Waals surface area contributed by atoms with E-state index >= 15 is 0 Å². The van der Waals surface area contributed by atoms with Crippen molar-refractivity contribution in [2.45, 2.75) is 33.1 Å². The van der Waals surface area contributed by atoms with E-state index in [-0.39, 0.29) is 11.8 Å². The van der Waals surface area contributed by atoms with Crippen molar-refractivity contribution in [1.82, 2.24) is 4.90 Å². The molecule has 156 valence electrons. The fourth-order valence-corrected chi connectivity index (χ4v) is 4.05. The largest absolute Gasteiger partial charge is 0.494 e. The molecule has 0 unspecified atom stereocenters. The topological polar surface area (TPSA) is 49.9 Å². The number of imide groups is 1. The van der Waals surface area contributed by atoms with Gasteiger partial charge >= 0.3 is 0 Å². The highest BCUT2D eigenvalue weighted by Crippen LogP contribution is 2.36. The quantitative estimate of drug-likeness (QED) is 0.666. The van der Waals surface area contributed by atoms with Gasteiger partial charge in [0.2, 0.25) is 0 Å². The Hall–Kier alpha value is -3.08. The number of para-hydroxylation sites is 1. The van der Waals surface area contributed by atoms with E-state index in [0.29, 0.717) is 29.5 Å². The van der Waals surface area contributed by atoms with Crippen LogP contribution in [0.3, 0.4) is 0 Å². The van der Waals surface area contributed by atoms with Gasteiger partial charge in [0.1, 0.15) is 11.4 Å². The summed E-state index contributed by atoms with van der Waals surface area (Å²) in [4.78, 5) is 30.4. The van der Waals surface area contributed by atoms with Crippen molar-refractivity contribution in [1.29, 1.82) is 0 Å². The van der Waals surface area contributed by atoms with Gasteiger partial charge in [-0.15, -0.1) is 0 Å². The third-order valence-electron chi connectivity index (χ3n) is 5.79. The standard InChI is InChI=1S/C25H28N2O3/c1-3-17-30-21-11-9-19(10-12-21)22-23(26-15-13-18(2)14-16-26)25(29)27(24(22)28)20-7-5-4-6-8-20/h4-12,18H,3,13-17H2,1-2H3. The van der Waals surface area contributed by atoms with Gasteiger partial charge in [-0.05, 0) is 55.0 Å². The lowest BCUT2D eigenvalue weighted by molar-refractivity contribution is -0.120. The van der Waals surface area contributed by atoms with E-state index in [1.165, 1.54) is 4.90 Å². The minimum atomic E-state index is -0.262. The van der Waals surface area contributed by atoms with Crippen LogP contribution in [0.5, 0.6) is 5.75 Å². The van der Waals surface area contributed by atoms with E-state index in [1.807, 2.05) is 42.5 Å². The summed E-state index contributed by atoms with van der Waals surface area (Å²) in [5.74, 6) is 0.910. The van der Waals surface area contributed by atoms with Crippen LogP contribution in [0.4, 0.5) is 5.69 Å². The molecule has 2 heterocycles. The fraction of sp³-hybridized carbons (Fsp3) is 0.360. The predicted molar refractivity (Wildman–Crippen MR) is 118 cm³/mol. The van der Waals surface area contributed by atoms with Crippen molar-refractivity contribution < 1.29 is 14.3 Å². The normalized spacial score (nSPS) is 17.8. The molecule has 2 aliphatic rings. The number of anilines is 1. The SMILES string of the molecule is CCCOc1ccc(C2=C(N3CCC(C)CC3)C(=O)N(c3ccccc3)C2=O)cc1. The lowest BCUT2D eigenvalue weighted by atomic mass is 9.97. The Balaban J connectivity index is 1.73. The van der Waals surface area contributed by atoms with Crippen LogP contribution in [0, 0.1) is 5.92 Å². The number of rotatable bonds is 6. The highest BCUT2D eigenvalue weighted by molar-refractivity contribution is 6.45. The molecule has 0 spiro atoms. The van der Waals surface area contributed by atoms with Gasteiger partial charge in [-0.1, -0.05) is 44.2 Å². The highest BCUT2D eigenvalue weighted by Gasteiger charge is 2.42. The van der Waals surface area contributed by atoms with Crippen LogP contribution in [0.1, 0.15) is 38.7 Å². The summed E-state index contributed by atoms with van der Waals surface area (Å²) in [6.45, 7) is 6.53. The lowest BCUT2D eigenvalue weighted by Gasteiger charge is -2.32. The number of benzene rings is 2. The molecule has 5 heteroatoms. The lowest BCUT2D eigenvalue weighted by Crippen LogP contribution is -2.38. The van der Waals surface area contributed by atoms with Crippen molar-refractivity contribution in [2.24, 2.45) is 5.92 Å². The van der Waals surface area contributed by atoms with Gasteiger partial charge in [-0.3, -0.25) is 9.59 Å². The van der Waals surface area contributed by atoms with Gasteiger partial charge in [-0.2, -0.15) is 0 Å². The summed E-state index contributed by atoms with van der Waals surface area (Å²) < 4.78 is 5.68. The predicted octanol–water partition coefficient (Wildman–Crippen LogP) is 4.49. The Morgan fingerprint density at radius 3 is 2.23 bits per heavy atom. The number of hydrogen-bond acceptors (Lipinski definition) is 4. The van der Waals surface area contributed by atoms with Gasteiger partial charge in [0.15, 0.2) is 0 Å². The Morgan fingerprint density at radius 1 is 0.933 bits per heavy atom. The maximum atomic E-state index is 13.5. The monoisotopic (exact) mass is 404 g/mol. The number of piperidine rings is 1. The molecule has 0 atom stereocenters. The van der Waals surface area contributed by atoms with Crippen LogP contribution >= 0.6 is 0 Å². The molecule has 30 heavy (non-hydrogen) atoms. The molecule has 4 rings (SSSR count). The van der Waals surface area contributed by atoms with E-state index in [0.717, 1.165) is 43.7 Å². The van der Waals surface area contributed by atoms with Gasteiger partial charge in [0.05, 0.1) is 17.9 Å². The zero-order valence-electron chi connectivity index (χ0n) is 17.6.